The van der Waals surface area contributed by atoms with Crippen LogP contribution in [0.4, 0.5) is 0 Å². The van der Waals surface area contributed by atoms with E-state index in [0.717, 1.165) is 13.0 Å². The third kappa shape index (κ3) is 16.8. The molecule has 1 aromatic rings. The molecule has 0 saturated carbocycles. The van der Waals surface area contributed by atoms with Crippen LogP contribution in [0.1, 0.15) is 89.5 Å². The van der Waals surface area contributed by atoms with E-state index in [2.05, 4.69) is 43.4 Å². The van der Waals surface area contributed by atoms with Crippen molar-refractivity contribution in [2.24, 2.45) is 0 Å². The lowest BCUT2D eigenvalue weighted by Crippen LogP contribution is -2.01. The standard InChI is InChI=1S/C26H42O2/c1-2-3-4-5-6-7-8-9-10-11-12-13-14-15-16-20-23-27-25-28-24-26-21-18-17-19-22-26/h5-6,15-19,21-22H,2-4,7-14,20,23-25H2,1H3/b6-5-,16-15+. The maximum atomic E-state index is 5.50. The Kier molecular flexibility index (Phi) is 17.9. The molecule has 1 rings (SSSR count). The number of rotatable bonds is 19. The van der Waals surface area contributed by atoms with Crippen LogP contribution in [0.5, 0.6) is 0 Å². The van der Waals surface area contributed by atoms with Crippen LogP contribution in [-0.4, -0.2) is 13.4 Å². The summed E-state index contributed by atoms with van der Waals surface area (Å²) < 4.78 is 11.0. The van der Waals surface area contributed by atoms with Crippen LogP contribution < -0.4 is 0 Å². The maximum Gasteiger partial charge on any atom is 0.147 e. The summed E-state index contributed by atoms with van der Waals surface area (Å²) in [5, 5.41) is 0. The third-order valence-electron chi connectivity index (χ3n) is 4.76. The zero-order valence-corrected chi connectivity index (χ0v) is 18.1. The van der Waals surface area contributed by atoms with Gasteiger partial charge in [-0.2, -0.15) is 0 Å². The normalized spacial score (nSPS) is 11.8. The van der Waals surface area contributed by atoms with Gasteiger partial charge >= 0.3 is 0 Å². The minimum Gasteiger partial charge on any atom is -0.355 e. The van der Waals surface area contributed by atoms with Gasteiger partial charge in [-0.25, -0.2) is 0 Å². The Morgan fingerprint density at radius 3 is 1.86 bits per heavy atom. The monoisotopic (exact) mass is 386 g/mol. The van der Waals surface area contributed by atoms with Crippen LogP contribution in [0, 0.1) is 0 Å². The van der Waals surface area contributed by atoms with E-state index >= 15 is 0 Å². The van der Waals surface area contributed by atoms with Crippen molar-refractivity contribution in [2.45, 2.75) is 90.6 Å². The fraction of sp³-hybridized carbons (Fsp3) is 0.615. The van der Waals surface area contributed by atoms with Gasteiger partial charge in [0.1, 0.15) is 6.79 Å². The van der Waals surface area contributed by atoms with Gasteiger partial charge in [0, 0.05) is 0 Å². The summed E-state index contributed by atoms with van der Waals surface area (Å²) in [5.41, 5.74) is 1.19. The van der Waals surface area contributed by atoms with E-state index in [-0.39, 0.29) is 0 Å². The van der Waals surface area contributed by atoms with Crippen molar-refractivity contribution in [3.8, 4) is 0 Å². The second-order valence-corrected chi connectivity index (χ2v) is 7.43. The van der Waals surface area contributed by atoms with Gasteiger partial charge in [-0.3, -0.25) is 0 Å². The molecular formula is C26H42O2. The van der Waals surface area contributed by atoms with Crippen LogP contribution in [0.25, 0.3) is 0 Å². The first-order valence-electron chi connectivity index (χ1n) is 11.4. The number of benzene rings is 1. The van der Waals surface area contributed by atoms with Gasteiger partial charge in [-0.05, 0) is 44.1 Å². The van der Waals surface area contributed by atoms with Gasteiger partial charge in [0.25, 0.3) is 0 Å². The number of ether oxygens (including phenoxy) is 2. The number of hydrogen-bond donors (Lipinski definition) is 0. The third-order valence-corrected chi connectivity index (χ3v) is 4.76. The zero-order valence-electron chi connectivity index (χ0n) is 18.1. The van der Waals surface area contributed by atoms with Crippen LogP contribution in [0.3, 0.4) is 0 Å². The molecule has 0 fully saturated rings. The quantitative estimate of drug-likeness (QED) is 0.136. The zero-order chi connectivity index (χ0) is 20.0. The molecule has 0 atom stereocenters. The van der Waals surface area contributed by atoms with Gasteiger partial charge < -0.3 is 9.47 Å². The smallest absolute Gasteiger partial charge is 0.147 e. The molecule has 0 amide bonds. The van der Waals surface area contributed by atoms with Crippen molar-refractivity contribution in [2.75, 3.05) is 13.4 Å². The molecule has 28 heavy (non-hydrogen) atoms. The van der Waals surface area contributed by atoms with Gasteiger partial charge in [0.05, 0.1) is 13.2 Å². The molecular weight excluding hydrogens is 344 g/mol. The van der Waals surface area contributed by atoms with Crippen LogP contribution in [0.15, 0.2) is 54.6 Å². The van der Waals surface area contributed by atoms with E-state index in [9.17, 15) is 0 Å². The molecule has 0 aliphatic rings. The fourth-order valence-electron chi connectivity index (χ4n) is 3.03. The highest BCUT2D eigenvalue weighted by atomic mass is 16.7. The summed E-state index contributed by atoms with van der Waals surface area (Å²) in [5.74, 6) is 0. The topological polar surface area (TPSA) is 18.5 Å². The second kappa shape index (κ2) is 20.4. The van der Waals surface area contributed by atoms with Crippen molar-refractivity contribution < 1.29 is 9.47 Å². The molecule has 2 nitrogen and oxygen atoms in total. The Morgan fingerprint density at radius 1 is 0.643 bits per heavy atom. The van der Waals surface area contributed by atoms with Crippen molar-refractivity contribution in [1.82, 2.24) is 0 Å². The molecule has 0 bridgehead atoms. The van der Waals surface area contributed by atoms with Crippen molar-refractivity contribution in [3.05, 3.63) is 60.2 Å². The minimum atomic E-state index is 0.372. The average Bonchev–Trinajstić information content (AvgIpc) is 2.73. The lowest BCUT2D eigenvalue weighted by atomic mass is 10.1. The van der Waals surface area contributed by atoms with E-state index in [1.165, 1.54) is 76.2 Å². The van der Waals surface area contributed by atoms with Crippen LogP contribution in [-0.2, 0) is 16.1 Å². The highest BCUT2D eigenvalue weighted by molar-refractivity contribution is 5.13. The molecule has 0 aliphatic heterocycles. The summed E-state index contributed by atoms with van der Waals surface area (Å²) in [6.45, 7) is 3.98. The van der Waals surface area contributed by atoms with E-state index in [0.29, 0.717) is 13.4 Å². The van der Waals surface area contributed by atoms with Crippen LogP contribution in [0.2, 0.25) is 0 Å². The molecule has 1 aromatic carbocycles. The van der Waals surface area contributed by atoms with Gasteiger partial charge in [0.15, 0.2) is 0 Å². The SMILES string of the molecule is CCCC/C=C\CCCCCCCC/C=C/CCOCOCc1ccccc1. The average molecular weight is 387 g/mol. The van der Waals surface area contributed by atoms with Crippen molar-refractivity contribution in [1.29, 1.82) is 0 Å². The first kappa shape index (κ1) is 24.7. The largest absolute Gasteiger partial charge is 0.355 e. The molecule has 2 heteroatoms. The summed E-state index contributed by atoms with van der Waals surface area (Å²) in [7, 11) is 0. The first-order valence-corrected chi connectivity index (χ1v) is 11.4. The summed E-state index contributed by atoms with van der Waals surface area (Å²) in [6.07, 6.45) is 24.8. The second-order valence-electron chi connectivity index (χ2n) is 7.43. The molecule has 0 spiro atoms. The lowest BCUT2D eigenvalue weighted by molar-refractivity contribution is -0.0600. The number of unbranched alkanes of at least 4 members (excludes halogenated alkanes) is 9. The summed E-state index contributed by atoms with van der Waals surface area (Å²) >= 11 is 0. The Hall–Kier alpha value is -1.38. The van der Waals surface area contributed by atoms with E-state index < -0.39 is 0 Å². The molecule has 0 N–H and O–H groups in total. The van der Waals surface area contributed by atoms with E-state index in [1.807, 2.05) is 18.2 Å². The van der Waals surface area contributed by atoms with Crippen molar-refractivity contribution in [3.63, 3.8) is 0 Å². The summed E-state index contributed by atoms with van der Waals surface area (Å²) in [4.78, 5) is 0. The van der Waals surface area contributed by atoms with Crippen LogP contribution >= 0.6 is 0 Å². The molecule has 0 unspecified atom stereocenters. The van der Waals surface area contributed by atoms with E-state index in [4.69, 9.17) is 9.47 Å². The maximum absolute atomic E-state index is 5.50. The number of allylic oxidation sites excluding steroid dienone is 3. The summed E-state index contributed by atoms with van der Waals surface area (Å²) in [6, 6.07) is 10.2. The Balaban J connectivity index is 1.75. The van der Waals surface area contributed by atoms with E-state index in [1.54, 1.807) is 0 Å². The Morgan fingerprint density at radius 2 is 1.21 bits per heavy atom. The molecule has 158 valence electrons. The number of hydrogen-bond acceptors (Lipinski definition) is 2. The molecule has 0 radical (unpaired) electrons. The molecule has 0 saturated heterocycles. The lowest BCUT2D eigenvalue weighted by Gasteiger charge is -2.04. The highest BCUT2D eigenvalue weighted by Crippen LogP contribution is 2.10. The first-order chi connectivity index (χ1) is 13.9. The molecule has 0 aromatic heterocycles. The minimum absolute atomic E-state index is 0.372. The Labute approximate surface area is 174 Å². The van der Waals surface area contributed by atoms with Gasteiger partial charge in [-0.1, -0.05) is 100 Å². The van der Waals surface area contributed by atoms with Gasteiger partial charge in [-0.15, -0.1) is 0 Å². The molecule has 0 aliphatic carbocycles. The van der Waals surface area contributed by atoms with Gasteiger partial charge in [0.2, 0.25) is 0 Å². The fourth-order valence-corrected chi connectivity index (χ4v) is 3.03. The molecule has 0 heterocycles. The Bertz CT molecular complexity index is 478. The van der Waals surface area contributed by atoms with Crippen molar-refractivity contribution >= 4 is 0 Å². The predicted octanol–water partition coefficient (Wildman–Crippen LogP) is 7.99. The predicted molar refractivity (Wildman–Crippen MR) is 121 cm³/mol. The highest BCUT2D eigenvalue weighted by Gasteiger charge is 1.92.